The van der Waals surface area contributed by atoms with E-state index in [0.717, 1.165) is 135 Å². The maximum atomic E-state index is 7.50. The van der Waals surface area contributed by atoms with Gasteiger partial charge in [0.1, 0.15) is 0 Å². The monoisotopic (exact) mass is 1250 g/mol. The van der Waals surface area contributed by atoms with Crippen molar-refractivity contribution >= 4 is 194 Å². The molecule has 0 saturated heterocycles. The molecule has 15 heterocycles. The zero-order valence-corrected chi connectivity index (χ0v) is 48.8. The predicted octanol–water partition coefficient (Wildman–Crippen LogP) is 12.0. The Bertz CT molecular complexity index is 3500. The molecule has 24 bridgehead atoms. The third kappa shape index (κ3) is 17.2. The molecule has 0 aromatic carbocycles. The summed E-state index contributed by atoms with van der Waals surface area (Å²) in [7, 11) is 0. The second kappa shape index (κ2) is 31.0. The topological polar surface area (TPSA) is 223 Å². The number of H-pyrrole nitrogens is 6. The largest absolute Gasteiger partial charge is 3.00 e. The van der Waals surface area contributed by atoms with Crippen molar-refractivity contribution in [3.05, 3.63) is 214 Å². The summed E-state index contributed by atoms with van der Waals surface area (Å²) in [4.78, 5) is 70.6. The van der Waals surface area contributed by atoms with E-state index in [1.165, 1.54) is 0 Å². The van der Waals surface area contributed by atoms with Crippen LogP contribution in [0.1, 0.15) is 68.3 Å². The van der Waals surface area contributed by atoms with Crippen LogP contribution in [0.3, 0.4) is 0 Å². The van der Waals surface area contributed by atoms with E-state index >= 15 is 0 Å². The number of aromatic amines is 6. The Labute approximate surface area is 528 Å². The second-order valence-electron chi connectivity index (χ2n) is 17.7. The summed E-state index contributed by atoms with van der Waals surface area (Å²) in [6, 6.07) is 49.1. The molecular formula is C63H42Al2Co3N12O3. The van der Waals surface area contributed by atoms with Gasteiger partial charge in [-0.15, -0.1) is 0 Å². The van der Waals surface area contributed by atoms with Crippen LogP contribution in [0.5, 0.6) is 0 Å². The van der Waals surface area contributed by atoms with Gasteiger partial charge in [-0.2, -0.15) is 0 Å². The third-order valence-electron chi connectivity index (χ3n) is 12.1. The second-order valence-corrected chi connectivity index (χ2v) is 17.7. The summed E-state index contributed by atoms with van der Waals surface area (Å²) in [5.41, 5.74) is 23.6. The average Bonchev–Trinajstić information content (AvgIpc) is 4.28. The molecule has 0 amide bonds. The molecule has 15 rings (SSSR count). The van der Waals surface area contributed by atoms with E-state index in [9.17, 15) is 0 Å². The number of hydrogen-bond acceptors (Lipinski definition) is 9. The molecular weight excluding hydrogens is 1200 g/mol. The first-order valence-corrected chi connectivity index (χ1v) is 24.2. The van der Waals surface area contributed by atoms with Crippen LogP contribution in [0.15, 0.2) is 146 Å². The minimum atomic E-state index is 0. The fourth-order valence-electron chi connectivity index (χ4n) is 8.83. The van der Waals surface area contributed by atoms with Gasteiger partial charge in [-0.05, 0) is 219 Å². The van der Waals surface area contributed by atoms with Crippen LogP contribution < -0.4 is 0 Å². The Hall–Kier alpha value is -8.61. The average molecular weight is 1250 g/mol. The molecule has 6 aliphatic rings. The molecule has 6 aliphatic heterocycles. The first-order valence-electron chi connectivity index (χ1n) is 24.2. The van der Waals surface area contributed by atoms with Gasteiger partial charge in [-0.25, -0.2) is 29.9 Å². The van der Waals surface area contributed by atoms with E-state index in [0.29, 0.717) is 0 Å². The number of hydrogen-bond donors (Lipinski definition) is 6. The molecule has 9 aromatic rings. The molecule has 15 nitrogen and oxygen atoms in total. The van der Waals surface area contributed by atoms with Crippen molar-refractivity contribution in [2.24, 2.45) is 0 Å². The molecule has 0 unspecified atom stereocenters. The van der Waals surface area contributed by atoms with Gasteiger partial charge in [-0.3, -0.25) is 14.4 Å². The van der Waals surface area contributed by atoms with Gasteiger partial charge in [0.05, 0.1) is 68.3 Å². The van der Waals surface area contributed by atoms with Crippen molar-refractivity contribution in [3.8, 4) is 0 Å². The van der Waals surface area contributed by atoms with E-state index in [4.69, 9.17) is 14.4 Å². The van der Waals surface area contributed by atoms with Gasteiger partial charge >= 0.3 is 34.7 Å². The summed E-state index contributed by atoms with van der Waals surface area (Å²) < 4.78 is 0. The van der Waals surface area contributed by atoms with E-state index in [2.05, 4.69) is 153 Å². The van der Waals surface area contributed by atoms with E-state index < -0.39 is 0 Å². The maximum Gasteiger partial charge on any atom is 3.00 e. The Kier molecular flexibility index (Phi) is 24.4. The van der Waals surface area contributed by atoms with Crippen LogP contribution in [-0.4, -0.2) is 115 Å². The summed E-state index contributed by atoms with van der Waals surface area (Å²) in [5.74, 6) is 0. The molecule has 20 heteroatoms. The molecule has 0 saturated carbocycles. The number of fused-ring (bicyclic) bond motifs is 24. The summed E-state index contributed by atoms with van der Waals surface area (Å²) in [6.45, 7) is 13.5. The first kappa shape index (κ1) is 65.2. The van der Waals surface area contributed by atoms with Crippen molar-refractivity contribution in [2.45, 2.75) is 0 Å². The summed E-state index contributed by atoms with van der Waals surface area (Å²) >= 11 is 0. The maximum absolute atomic E-state index is 7.50. The van der Waals surface area contributed by atoms with Gasteiger partial charge in [0.2, 0.25) is 0 Å². The standard InChI is InChI=1S/3C20H14N4.3CO.2Al.3Co/c3*1-2-14-10-16-5-6-18(23-16)12-20-8-7-19(24-20)11-17-4-3-15(22-17)9-13(1)21-14;3*1-2;;;;;/h3*1-12,21,24H;;;;;;;;/q;;;;;;2*+3;3*-2. The first-order chi connectivity index (χ1) is 38.4. The van der Waals surface area contributed by atoms with Crippen LogP contribution in [0.4, 0.5) is 0 Å². The van der Waals surface area contributed by atoms with Gasteiger partial charge in [0.25, 0.3) is 20.4 Å². The molecule has 6 N–H and O–H groups in total. The molecule has 0 fully saturated rings. The molecule has 9 aromatic heterocycles. The minimum absolute atomic E-state index is 0. The van der Waals surface area contributed by atoms with Gasteiger partial charge in [0, 0.05) is 66.2 Å². The van der Waals surface area contributed by atoms with Crippen LogP contribution in [0, 0.1) is 0 Å². The number of aromatic nitrogens is 12. The van der Waals surface area contributed by atoms with Crippen molar-refractivity contribution in [1.29, 1.82) is 0 Å². The van der Waals surface area contributed by atoms with Crippen LogP contribution >= 0.6 is 0 Å². The summed E-state index contributed by atoms with van der Waals surface area (Å²) in [6.07, 6.45) is 24.3. The number of carbonyl (C=O) groups excluding carboxylic acids is 3. The molecule has 0 spiro atoms. The van der Waals surface area contributed by atoms with Gasteiger partial charge in [-0.1, -0.05) is 0 Å². The quantitative estimate of drug-likeness (QED) is 0.0794. The zero-order chi connectivity index (χ0) is 53.8. The zero-order valence-electron chi connectivity index (χ0n) is 43.3. The van der Waals surface area contributed by atoms with E-state index in [1.54, 1.807) is 0 Å². The van der Waals surface area contributed by atoms with Gasteiger partial charge in [0.15, 0.2) is 0 Å². The van der Waals surface area contributed by atoms with Crippen molar-refractivity contribution in [3.63, 3.8) is 0 Å². The van der Waals surface area contributed by atoms with Crippen LogP contribution in [0.25, 0.3) is 139 Å². The number of nitrogens with zero attached hydrogens (tertiary/aromatic N) is 6. The van der Waals surface area contributed by atoms with Crippen molar-refractivity contribution < 1.29 is 64.7 Å². The third-order valence-corrected chi connectivity index (χ3v) is 12.1. The van der Waals surface area contributed by atoms with Crippen LogP contribution in [0.2, 0.25) is 0 Å². The normalized spacial score (nSPS) is 11.1. The summed E-state index contributed by atoms with van der Waals surface area (Å²) in [5, 5.41) is 0. The fraction of sp³-hybridized carbons (Fsp3) is 0. The number of rotatable bonds is 0. The SMILES string of the molecule is C1=Cc2cc3ccc(cc4nc(cc5ccc(cc1n2)[nH]5)C=C4)[nH]3.C1=Cc2cc3ccc(cc4nc(cc5ccc(cc1n2)[nH]5)C=C4)[nH]3.C1=Cc2cc3ccc(cc4nc(cc5ccc(cc1n2)[nH]5)C=C4)[nH]3.[Al+3].[Al+3].[C]=O.[C]=O.[C]=O.[Co-2].[Co-2].[Co-2]. The number of nitrogens with one attached hydrogen (secondary N) is 6. The van der Waals surface area contributed by atoms with Crippen molar-refractivity contribution in [2.75, 3.05) is 0 Å². The minimum Gasteiger partial charge on any atom is -2.00 e. The Morgan fingerprint density at radius 3 is 0.361 bits per heavy atom. The smallest absolute Gasteiger partial charge is 2.00 e. The molecule has 0 aliphatic carbocycles. The van der Waals surface area contributed by atoms with Gasteiger partial charge < -0.3 is 80.2 Å². The molecule has 9 radical (unpaired) electrons. The van der Waals surface area contributed by atoms with E-state index in [-0.39, 0.29) is 85.1 Å². The Morgan fingerprint density at radius 1 is 0.193 bits per heavy atom. The molecule has 0 atom stereocenters. The fourth-order valence-corrected chi connectivity index (χ4v) is 8.83. The molecule has 405 valence electrons. The van der Waals surface area contributed by atoms with Crippen LogP contribution in [-0.2, 0) is 64.7 Å². The van der Waals surface area contributed by atoms with E-state index in [1.807, 2.05) is 146 Å². The Morgan fingerprint density at radius 2 is 0.277 bits per heavy atom. The molecule has 83 heavy (non-hydrogen) atoms. The predicted molar refractivity (Wildman–Crippen MR) is 325 cm³/mol. The Balaban J connectivity index is 0.000000212. The van der Waals surface area contributed by atoms with Crippen molar-refractivity contribution in [1.82, 2.24) is 59.8 Å².